The molecule has 0 saturated carbocycles. The molecule has 10 heteroatoms. The van der Waals surface area contributed by atoms with Crippen LogP contribution >= 0.6 is 23.1 Å². The SMILES string of the molecule is CSc1ncn2cc(C3=C(C(=O)[O-])N4C(=O)[C@H]([C@@H](C)O)[C@H]4[C@H]3C)sc12.[Na+]. The molecule has 2 aromatic heterocycles. The molecule has 0 bridgehead atoms. The Morgan fingerprint density at radius 1 is 1.50 bits per heavy atom. The van der Waals surface area contributed by atoms with Gasteiger partial charge in [0.05, 0.1) is 34.6 Å². The number of fused-ring (bicyclic) bond motifs is 2. The number of aliphatic hydroxyl groups is 1. The largest absolute Gasteiger partial charge is 1.00 e. The molecule has 132 valence electrons. The van der Waals surface area contributed by atoms with Gasteiger partial charge in [0.15, 0.2) is 0 Å². The van der Waals surface area contributed by atoms with Crippen LogP contribution in [0.25, 0.3) is 10.4 Å². The molecular weight excluding hydrogens is 385 g/mol. The summed E-state index contributed by atoms with van der Waals surface area (Å²) in [5, 5.41) is 22.5. The van der Waals surface area contributed by atoms with Crippen LogP contribution in [-0.2, 0) is 9.59 Å². The molecule has 0 radical (unpaired) electrons. The second-order valence-corrected chi connectivity index (χ2v) is 8.19. The van der Waals surface area contributed by atoms with E-state index in [0.717, 1.165) is 14.7 Å². The van der Waals surface area contributed by atoms with Crippen LogP contribution in [0.15, 0.2) is 23.2 Å². The van der Waals surface area contributed by atoms with E-state index >= 15 is 0 Å². The van der Waals surface area contributed by atoms with Crippen molar-refractivity contribution in [2.45, 2.75) is 31.0 Å². The number of carboxylic acid groups (broad SMARTS) is 1. The number of carbonyl (C=O) groups is 2. The van der Waals surface area contributed by atoms with Crippen molar-refractivity contribution in [1.29, 1.82) is 0 Å². The molecule has 2 aliphatic rings. The number of amides is 1. The molecule has 1 N–H and O–H groups in total. The van der Waals surface area contributed by atoms with Crippen molar-refractivity contribution < 1.29 is 49.4 Å². The summed E-state index contributed by atoms with van der Waals surface area (Å²) in [5.74, 6) is -2.48. The van der Waals surface area contributed by atoms with E-state index in [1.54, 1.807) is 13.3 Å². The second kappa shape index (κ2) is 6.96. The van der Waals surface area contributed by atoms with Gasteiger partial charge < -0.3 is 19.9 Å². The average Bonchev–Trinajstić information content (AvgIpc) is 3.16. The van der Waals surface area contributed by atoms with Crippen LogP contribution in [0.3, 0.4) is 0 Å². The Morgan fingerprint density at radius 2 is 2.19 bits per heavy atom. The summed E-state index contributed by atoms with van der Waals surface area (Å²) in [6, 6.07) is -0.338. The number of aliphatic carboxylic acids is 1. The summed E-state index contributed by atoms with van der Waals surface area (Å²) in [6.07, 6.45) is 4.65. The fraction of sp³-hybridized carbons (Fsp3) is 0.438. The summed E-state index contributed by atoms with van der Waals surface area (Å²) in [5.41, 5.74) is 0.532. The van der Waals surface area contributed by atoms with Gasteiger partial charge in [0.1, 0.15) is 16.2 Å². The summed E-state index contributed by atoms with van der Waals surface area (Å²) in [6.45, 7) is 3.46. The molecule has 4 atom stereocenters. The molecule has 0 aliphatic carbocycles. The van der Waals surface area contributed by atoms with E-state index in [-0.39, 0.29) is 53.1 Å². The van der Waals surface area contributed by atoms with Gasteiger partial charge in [-0.15, -0.1) is 23.1 Å². The van der Waals surface area contributed by atoms with Gasteiger partial charge in [-0.1, -0.05) is 6.92 Å². The Morgan fingerprint density at radius 3 is 2.77 bits per heavy atom. The van der Waals surface area contributed by atoms with E-state index in [4.69, 9.17) is 0 Å². The normalized spacial score (nSPS) is 25.9. The molecule has 26 heavy (non-hydrogen) atoms. The minimum Gasteiger partial charge on any atom is -0.543 e. The van der Waals surface area contributed by atoms with Gasteiger partial charge in [-0.3, -0.25) is 9.20 Å². The molecule has 2 aliphatic heterocycles. The van der Waals surface area contributed by atoms with E-state index < -0.39 is 18.0 Å². The molecule has 1 fully saturated rings. The molecule has 0 spiro atoms. The van der Waals surface area contributed by atoms with Crippen molar-refractivity contribution in [3.63, 3.8) is 0 Å². The van der Waals surface area contributed by atoms with Crippen LogP contribution in [0, 0.1) is 11.8 Å². The number of hydrogen-bond donors (Lipinski definition) is 1. The first kappa shape index (κ1) is 19.9. The second-order valence-electron chi connectivity index (χ2n) is 6.37. The predicted octanol–water partition coefficient (Wildman–Crippen LogP) is -2.56. The van der Waals surface area contributed by atoms with Crippen molar-refractivity contribution in [3.8, 4) is 0 Å². The van der Waals surface area contributed by atoms with Crippen LogP contribution in [0.2, 0.25) is 0 Å². The van der Waals surface area contributed by atoms with Crippen molar-refractivity contribution in [2.24, 2.45) is 11.8 Å². The quantitative estimate of drug-likeness (QED) is 0.344. The summed E-state index contributed by atoms with van der Waals surface area (Å²) < 4.78 is 1.86. The molecule has 0 aromatic carbocycles. The zero-order chi connectivity index (χ0) is 18.0. The van der Waals surface area contributed by atoms with Gasteiger partial charge >= 0.3 is 29.6 Å². The minimum absolute atomic E-state index is 0. The number of rotatable bonds is 4. The molecular formula is C16H16N3NaO4S2. The maximum atomic E-state index is 12.4. The van der Waals surface area contributed by atoms with Crippen LogP contribution in [0.1, 0.15) is 18.7 Å². The Bertz CT molecular complexity index is 935. The zero-order valence-corrected chi connectivity index (χ0v) is 18.4. The van der Waals surface area contributed by atoms with Gasteiger partial charge in [0, 0.05) is 17.7 Å². The van der Waals surface area contributed by atoms with Crippen molar-refractivity contribution in [3.05, 3.63) is 23.1 Å². The fourth-order valence-electron chi connectivity index (χ4n) is 3.93. The van der Waals surface area contributed by atoms with Crippen molar-refractivity contribution in [1.82, 2.24) is 14.3 Å². The van der Waals surface area contributed by atoms with Crippen LogP contribution in [0.5, 0.6) is 0 Å². The monoisotopic (exact) mass is 401 g/mol. The number of imidazole rings is 1. The topological polar surface area (TPSA) is 98.0 Å². The average molecular weight is 401 g/mol. The Labute approximate surface area is 180 Å². The standard InChI is InChI=1S/C16H17N3O4S2.Na/c1-6-9(8-4-18-5-17-13(24-3)15(18)25-8)12(16(22)23)19-11(6)10(7(2)20)14(19)21;/h4-7,10-11,20H,1-3H3,(H,22,23);/q;+1/p-1/t6-,7+,10+,11+;/m0./s1. The predicted molar refractivity (Wildman–Crippen MR) is 91.7 cm³/mol. The number of carboxylic acids is 1. The molecule has 1 saturated heterocycles. The number of hydrogen-bond acceptors (Lipinski definition) is 7. The van der Waals surface area contributed by atoms with Gasteiger partial charge in [0.25, 0.3) is 0 Å². The van der Waals surface area contributed by atoms with Gasteiger partial charge in [-0.05, 0) is 13.2 Å². The molecule has 4 rings (SSSR count). The first-order valence-electron chi connectivity index (χ1n) is 7.84. The number of thiazole rings is 1. The van der Waals surface area contributed by atoms with Crippen LogP contribution < -0.4 is 34.7 Å². The van der Waals surface area contributed by atoms with Crippen LogP contribution in [-0.4, -0.2) is 49.7 Å². The van der Waals surface area contributed by atoms with E-state index in [9.17, 15) is 19.8 Å². The molecule has 0 unspecified atom stereocenters. The third-order valence-corrected chi connectivity index (χ3v) is 6.96. The van der Waals surface area contributed by atoms with Crippen LogP contribution in [0.4, 0.5) is 0 Å². The minimum atomic E-state index is -1.36. The number of nitrogens with zero attached hydrogens (tertiary/aromatic N) is 3. The Hall–Kier alpha value is -0.840. The summed E-state index contributed by atoms with van der Waals surface area (Å²) >= 11 is 2.97. The van der Waals surface area contributed by atoms with Crippen molar-refractivity contribution >= 4 is 45.4 Å². The van der Waals surface area contributed by atoms with E-state index in [1.807, 2.05) is 23.8 Å². The number of aliphatic hydroxyl groups excluding tert-OH is 1. The van der Waals surface area contributed by atoms with Gasteiger partial charge in [-0.25, -0.2) is 4.98 Å². The van der Waals surface area contributed by atoms with Gasteiger partial charge in [0.2, 0.25) is 5.91 Å². The maximum Gasteiger partial charge on any atom is 1.00 e. The van der Waals surface area contributed by atoms with Gasteiger partial charge in [-0.2, -0.15) is 0 Å². The van der Waals surface area contributed by atoms with E-state index in [0.29, 0.717) is 5.57 Å². The smallest absolute Gasteiger partial charge is 0.543 e. The number of β-lactam (4-membered cyclic amide) rings is 1. The van der Waals surface area contributed by atoms with E-state index in [2.05, 4.69) is 4.98 Å². The molecule has 4 heterocycles. The first-order chi connectivity index (χ1) is 11.9. The molecule has 2 aromatic rings. The maximum absolute atomic E-state index is 12.4. The fourth-order valence-corrected chi connectivity index (χ4v) is 5.85. The Balaban J connectivity index is 0.00000196. The number of thioether (sulfide) groups is 1. The molecule has 7 nitrogen and oxygen atoms in total. The number of carbonyl (C=O) groups excluding carboxylic acids is 2. The summed E-state index contributed by atoms with van der Waals surface area (Å²) in [4.78, 5) is 31.5. The summed E-state index contributed by atoms with van der Waals surface area (Å²) in [7, 11) is 0. The number of aromatic nitrogens is 2. The third-order valence-electron chi connectivity index (χ3n) is 5.00. The molecule has 1 amide bonds. The van der Waals surface area contributed by atoms with E-state index in [1.165, 1.54) is 28.0 Å². The van der Waals surface area contributed by atoms with Crippen molar-refractivity contribution in [2.75, 3.05) is 6.26 Å². The third kappa shape index (κ3) is 2.60. The first-order valence-corrected chi connectivity index (χ1v) is 9.88. The zero-order valence-electron chi connectivity index (χ0n) is 14.8. The Kier molecular flexibility index (Phi) is 5.33.